The molecular formula is C33H45N3. The number of hydrogen-bond acceptors (Lipinski definition) is 2. The molecule has 0 radical (unpaired) electrons. The number of rotatable bonds is 9. The summed E-state index contributed by atoms with van der Waals surface area (Å²) in [4.78, 5) is 7.84. The summed E-state index contributed by atoms with van der Waals surface area (Å²) in [6.45, 7) is 8.13. The van der Waals surface area contributed by atoms with Crippen LogP contribution in [-0.4, -0.2) is 34.1 Å². The molecule has 2 heterocycles. The summed E-state index contributed by atoms with van der Waals surface area (Å²) in [6.07, 6.45) is 15.6. The molecule has 2 aliphatic carbocycles. The van der Waals surface area contributed by atoms with Crippen LogP contribution in [0, 0.1) is 25.7 Å². The maximum Gasteiger partial charge on any atom is 0.137 e. The van der Waals surface area contributed by atoms with Crippen molar-refractivity contribution in [1.82, 2.24) is 14.5 Å². The fourth-order valence-corrected chi connectivity index (χ4v) is 6.59. The minimum atomic E-state index is 0.927. The van der Waals surface area contributed by atoms with Gasteiger partial charge in [-0.15, -0.1) is 0 Å². The van der Waals surface area contributed by atoms with Crippen molar-refractivity contribution in [2.45, 2.75) is 84.5 Å². The van der Waals surface area contributed by atoms with Crippen LogP contribution in [0.5, 0.6) is 0 Å². The Hall–Kier alpha value is -2.39. The fourth-order valence-electron chi connectivity index (χ4n) is 6.59. The zero-order valence-corrected chi connectivity index (χ0v) is 22.6. The van der Waals surface area contributed by atoms with Gasteiger partial charge in [0, 0.05) is 36.6 Å². The molecule has 3 aromatic rings. The third-order valence-corrected chi connectivity index (χ3v) is 8.68. The van der Waals surface area contributed by atoms with E-state index in [-0.39, 0.29) is 0 Å². The molecule has 0 saturated heterocycles. The van der Waals surface area contributed by atoms with Crippen LogP contribution in [0.3, 0.4) is 0 Å². The fraction of sp³-hybridized carbons (Fsp3) is 0.545. The highest BCUT2D eigenvalue weighted by Gasteiger charge is 2.21. The first-order valence-electron chi connectivity index (χ1n) is 14.6. The summed E-state index contributed by atoms with van der Waals surface area (Å²) >= 11 is 0. The molecule has 3 nitrogen and oxygen atoms in total. The first-order chi connectivity index (χ1) is 17.7. The highest BCUT2D eigenvalue weighted by Crippen LogP contribution is 2.28. The van der Waals surface area contributed by atoms with Gasteiger partial charge in [-0.05, 0) is 87.6 Å². The zero-order chi connectivity index (χ0) is 24.7. The maximum absolute atomic E-state index is 5.00. The Kier molecular flexibility index (Phi) is 8.59. The number of hydrogen-bond donors (Lipinski definition) is 0. The molecule has 192 valence electrons. The molecule has 0 atom stereocenters. The van der Waals surface area contributed by atoms with E-state index in [0.29, 0.717) is 0 Å². The monoisotopic (exact) mass is 483 g/mol. The van der Waals surface area contributed by atoms with E-state index in [1.165, 1.54) is 106 Å². The van der Waals surface area contributed by atoms with E-state index in [4.69, 9.17) is 4.98 Å². The Balaban J connectivity index is 1.23. The molecule has 2 aliphatic rings. The van der Waals surface area contributed by atoms with Crippen molar-refractivity contribution in [2.75, 3.05) is 19.6 Å². The third kappa shape index (κ3) is 6.48. The topological polar surface area (TPSA) is 21.1 Å². The Morgan fingerprint density at radius 3 is 1.89 bits per heavy atom. The van der Waals surface area contributed by atoms with Crippen molar-refractivity contribution in [2.24, 2.45) is 11.8 Å². The minimum Gasteiger partial charge on any atom is -0.303 e. The van der Waals surface area contributed by atoms with Gasteiger partial charge in [-0.3, -0.25) is 0 Å². The van der Waals surface area contributed by atoms with E-state index in [1.807, 2.05) is 0 Å². The van der Waals surface area contributed by atoms with Gasteiger partial charge in [-0.1, -0.05) is 68.9 Å². The number of aromatic nitrogens is 2. The molecule has 1 aromatic carbocycles. The van der Waals surface area contributed by atoms with Crippen LogP contribution < -0.4 is 0 Å². The summed E-state index contributed by atoms with van der Waals surface area (Å²) in [5.74, 6) is 2.85. The number of pyridine rings is 1. The summed E-state index contributed by atoms with van der Waals surface area (Å²) < 4.78 is 2.23. The molecule has 0 spiro atoms. The Morgan fingerprint density at radius 2 is 1.31 bits per heavy atom. The SMILES string of the molecule is Cc1ccc(C)n1-c1cccc(-c2ccc(CCN(CC3CCCCC3)CC3CCCCC3)cc2)n1. The van der Waals surface area contributed by atoms with Crippen molar-refractivity contribution in [1.29, 1.82) is 0 Å². The van der Waals surface area contributed by atoms with Gasteiger partial charge in [-0.25, -0.2) is 4.98 Å². The van der Waals surface area contributed by atoms with Gasteiger partial charge in [0.05, 0.1) is 5.69 Å². The normalized spacial score (nSPS) is 17.6. The molecule has 0 bridgehead atoms. The second-order valence-electron chi connectivity index (χ2n) is 11.5. The molecule has 3 heteroatoms. The number of aryl methyl sites for hydroxylation is 2. The van der Waals surface area contributed by atoms with Gasteiger partial charge in [0.25, 0.3) is 0 Å². The highest BCUT2D eigenvalue weighted by molar-refractivity contribution is 5.60. The van der Waals surface area contributed by atoms with Crippen LogP contribution >= 0.6 is 0 Å². The van der Waals surface area contributed by atoms with Crippen molar-refractivity contribution in [3.63, 3.8) is 0 Å². The van der Waals surface area contributed by atoms with Gasteiger partial charge in [0.15, 0.2) is 0 Å². The summed E-state index contributed by atoms with van der Waals surface area (Å²) in [5.41, 5.74) is 6.13. The van der Waals surface area contributed by atoms with E-state index in [9.17, 15) is 0 Å². The number of nitrogens with zero attached hydrogens (tertiary/aromatic N) is 3. The first-order valence-corrected chi connectivity index (χ1v) is 14.6. The average Bonchev–Trinajstić information content (AvgIpc) is 3.26. The zero-order valence-electron chi connectivity index (χ0n) is 22.6. The summed E-state index contributed by atoms with van der Waals surface area (Å²) in [7, 11) is 0. The van der Waals surface area contributed by atoms with Crippen LogP contribution in [0.1, 0.15) is 81.2 Å². The van der Waals surface area contributed by atoms with Crippen molar-refractivity contribution >= 4 is 0 Å². The van der Waals surface area contributed by atoms with E-state index in [2.05, 4.69) is 77.9 Å². The summed E-state index contributed by atoms with van der Waals surface area (Å²) in [6, 6.07) is 19.9. The van der Waals surface area contributed by atoms with Crippen LogP contribution in [0.4, 0.5) is 0 Å². The van der Waals surface area contributed by atoms with Crippen molar-refractivity contribution in [3.8, 4) is 17.1 Å². The van der Waals surface area contributed by atoms with Crippen molar-refractivity contribution < 1.29 is 0 Å². The van der Waals surface area contributed by atoms with E-state index in [1.54, 1.807) is 0 Å². The lowest BCUT2D eigenvalue weighted by atomic mass is 9.86. The molecular weight excluding hydrogens is 438 g/mol. The predicted octanol–water partition coefficient (Wildman–Crippen LogP) is 8.16. The van der Waals surface area contributed by atoms with Gasteiger partial charge >= 0.3 is 0 Å². The van der Waals surface area contributed by atoms with Crippen LogP contribution in [-0.2, 0) is 6.42 Å². The molecule has 36 heavy (non-hydrogen) atoms. The smallest absolute Gasteiger partial charge is 0.137 e. The number of benzene rings is 1. The molecule has 5 rings (SSSR count). The lowest BCUT2D eigenvalue weighted by Crippen LogP contribution is -2.36. The van der Waals surface area contributed by atoms with Crippen molar-refractivity contribution in [3.05, 3.63) is 71.5 Å². The minimum absolute atomic E-state index is 0.927. The third-order valence-electron chi connectivity index (χ3n) is 8.68. The van der Waals surface area contributed by atoms with Crippen LogP contribution in [0.2, 0.25) is 0 Å². The van der Waals surface area contributed by atoms with Crippen LogP contribution in [0.25, 0.3) is 17.1 Å². The average molecular weight is 484 g/mol. The standard InChI is InChI=1S/C33H45N3/c1-26-16-17-27(2)36(26)33-15-9-14-32(34-33)31-20-18-28(19-21-31)22-23-35(24-29-10-5-3-6-11-29)25-30-12-7-4-8-13-30/h9,14-21,29-30H,3-8,10-13,22-25H2,1-2H3. The molecule has 2 saturated carbocycles. The molecule has 2 aromatic heterocycles. The quantitative estimate of drug-likeness (QED) is 0.306. The Bertz CT molecular complexity index is 1040. The lowest BCUT2D eigenvalue weighted by Gasteiger charge is -2.33. The maximum atomic E-state index is 5.00. The first kappa shape index (κ1) is 25.3. The predicted molar refractivity (Wildman–Crippen MR) is 152 cm³/mol. The Labute approximate surface area is 219 Å². The van der Waals surface area contributed by atoms with Gasteiger partial charge in [0.2, 0.25) is 0 Å². The van der Waals surface area contributed by atoms with E-state index >= 15 is 0 Å². The van der Waals surface area contributed by atoms with E-state index < -0.39 is 0 Å². The van der Waals surface area contributed by atoms with Crippen LogP contribution in [0.15, 0.2) is 54.6 Å². The molecule has 0 amide bonds. The second kappa shape index (κ2) is 12.2. The largest absolute Gasteiger partial charge is 0.303 e. The molecule has 0 unspecified atom stereocenters. The molecule has 0 aliphatic heterocycles. The van der Waals surface area contributed by atoms with Gasteiger partial charge < -0.3 is 9.47 Å². The van der Waals surface area contributed by atoms with Gasteiger partial charge in [0.1, 0.15) is 5.82 Å². The highest BCUT2D eigenvalue weighted by atomic mass is 15.1. The lowest BCUT2D eigenvalue weighted by molar-refractivity contribution is 0.161. The molecule has 0 N–H and O–H groups in total. The summed E-state index contributed by atoms with van der Waals surface area (Å²) in [5, 5.41) is 0. The molecule has 2 fully saturated rings. The van der Waals surface area contributed by atoms with Gasteiger partial charge in [-0.2, -0.15) is 0 Å². The second-order valence-corrected chi connectivity index (χ2v) is 11.5. The van der Waals surface area contributed by atoms with E-state index in [0.717, 1.165) is 29.8 Å². The Morgan fingerprint density at radius 1 is 0.722 bits per heavy atom.